The average molecular weight is 276 g/mol. The summed E-state index contributed by atoms with van der Waals surface area (Å²) in [7, 11) is 2.02. The van der Waals surface area contributed by atoms with Gasteiger partial charge in [0.1, 0.15) is 6.17 Å². The molecule has 1 aromatic rings. The van der Waals surface area contributed by atoms with Gasteiger partial charge in [-0.15, -0.1) is 0 Å². The summed E-state index contributed by atoms with van der Waals surface area (Å²) < 4.78 is 2.08. The third-order valence-corrected chi connectivity index (χ3v) is 3.35. The Morgan fingerprint density at radius 3 is 2.50 bits per heavy atom. The number of aromatic nitrogens is 2. The second kappa shape index (κ2) is 2.72. The highest BCUT2D eigenvalue weighted by atomic mass is 127. The van der Waals surface area contributed by atoms with Crippen LogP contribution in [0.4, 0.5) is 11.6 Å². The van der Waals surface area contributed by atoms with Crippen LogP contribution in [0.1, 0.15) is 6.92 Å². The largest absolute Gasteiger partial charge is 0.336 e. The van der Waals surface area contributed by atoms with Crippen LogP contribution in [0.5, 0.6) is 0 Å². The summed E-state index contributed by atoms with van der Waals surface area (Å²) in [6.45, 7) is 2.12. The minimum Gasteiger partial charge on any atom is -0.336 e. The molecule has 0 spiro atoms. The summed E-state index contributed by atoms with van der Waals surface area (Å²) in [6, 6.07) is 0. The third kappa shape index (κ3) is 0.954. The lowest BCUT2D eigenvalue weighted by Gasteiger charge is -2.19. The molecule has 5 heteroatoms. The van der Waals surface area contributed by atoms with Crippen LogP contribution in [0.15, 0.2) is 12.4 Å². The highest BCUT2D eigenvalue weighted by Crippen LogP contribution is 2.36. The van der Waals surface area contributed by atoms with Crippen molar-refractivity contribution in [3.63, 3.8) is 0 Å². The van der Waals surface area contributed by atoms with Gasteiger partial charge in [-0.1, -0.05) is 0 Å². The first kappa shape index (κ1) is 8.03. The Kier molecular flexibility index (Phi) is 1.82. The van der Waals surface area contributed by atoms with Gasteiger partial charge in [-0.3, -0.25) is 3.11 Å². The van der Waals surface area contributed by atoms with E-state index in [1.807, 2.05) is 7.05 Å². The molecule has 2 rings (SSSR count). The first-order valence-corrected chi connectivity index (χ1v) is 4.67. The maximum absolute atomic E-state index is 4.26. The summed E-state index contributed by atoms with van der Waals surface area (Å²) in [5, 5.41) is 0. The molecule has 0 bridgehead atoms. The van der Waals surface area contributed by atoms with Gasteiger partial charge in [-0.2, -0.15) is 0 Å². The number of anilines is 2. The number of halogens is 1. The van der Waals surface area contributed by atoms with Crippen LogP contribution in [-0.4, -0.2) is 23.2 Å². The Bertz CT molecular complexity index is 274. The normalized spacial score (nSPS) is 21.4. The fourth-order valence-electron chi connectivity index (χ4n) is 1.23. The average Bonchev–Trinajstić information content (AvgIpc) is 2.33. The van der Waals surface area contributed by atoms with Crippen molar-refractivity contribution in [2.45, 2.75) is 13.1 Å². The molecule has 2 heterocycles. The number of hydrogen-bond donors (Lipinski definition) is 0. The maximum atomic E-state index is 4.26. The van der Waals surface area contributed by atoms with E-state index in [-0.39, 0.29) is 0 Å². The fraction of sp³-hybridized carbons (Fsp3) is 0.429. The van der Waals surface area contributed by atoms with Gasteiger partial charge in [-0.05, 0) is 6.92 Å². The number of fused-ring (bicyclic) bond motifs is 1. The van der Waals surface area contributed by atoms with E-state index < -0.39 is 0 Å². The summed E-state index contributed by atoms with van der Waals surface area (Å²) in [6.07, 6.45) is 3.77. The molecule has 0 radical (unpaired) electrons. The predicted molar refractivity (Wildman–Crippen MR) is 56.4 cm³/mol. The predicted octanol–water partition coefficient (Wildman–Crippen LogP) is 1.43. The van der Waals surface area contributed by atoms with E-state index in [1.54, 1.807) is 12.4 Å². The molecule has 12 heavy (non-hydrogen) atoms. The van der Waals surface area contributed by atoms with E-state index in [1.165, 1.54) is 0 Å². The molecule has 64 valence electrons. The first-order valence-electron chi connectivity index (χ1n) is 3.70. The molecule has 0 aromatic carbocycles. The molecule has 1 aromatic heterocycles. The highest BCUT2D eigenvalue weighted by Gasteiger charge is 2.30. The van der Waals surface area contributed by atoms with Crippen LogP contribution in [0.2, 0.25) is 0 Å². The molecule has 0 saturated carbocycles. The fourth-order valence-corrected chi connectivity index (χ4v) is 1.94. The zero-order valence-electron chi connectivity index (χ0n) is 6.90. The summed E-state index contributed by atoms with van der Waals surface area (Å²) >= 11 is 2.25. The maximum Gasteiger partial charge on any atom is 0.182 e. The van der Waals surface area contributed by atoms with Crippen LogP contribution in [-0.2, 0) is 0 Å². The van der Waals surface area contributed by atoms with Gasteiger partial charge in [0, 0.05) is 19.4 Å². The molecule has 0 N–H and O–H groups in total. The summed E-state index contributed by atoms with van der Waals surface area (Å²) in [5.41, 5.74) is 0. The molecule has 1 aliphatic rings. The quantitative estimate of drug-likeness (QED) is 0.530. The smallest absolute Gasteiger partial charge is 0.182 e. The molecule has 0 aliphatic carbocycles. The SMILES string of the molecule is C[C@H]1N(C)c2nccnc2N1I. The van der Waals surface area contributed by atoms with Gasteiger partial charge < -0.3 is 4.90 Å². The molecule has 4 nitrogen and oxygen atoms in total. The van der Waals surface area contributed by atoms with Gasteiger partial charge in [-0.25, -0.2) is 9.97 Å². The van der Waals surface area contributed by atoms with Crippen LogP contribution in [0.3, 0.4) is 0 Å². The minimum absolute atomic E-state index is 0.336. The van der Waals surface area contributed by atoms with Crippen molar-refractivity contribution in [3.8, 4) is 0 Å². The van der Waals surface area contributed by atoms with Crippen molar-refractivity contribution in [2.24, 2.45) is 0 Å². The van der Waals surface area contributed by atoms with Crippen molar-refractivity contribution < 1.29 is 0 Å². The van der Waals surface area contributed by atoms with Crippen LogP contribution in [0, 0.1) is 0 Å². The van der Waals surface area contributed by atoms with Gasteiger partial charge in [0.2, 0.25) is 0 Å². The van der Waals surface area contributed by atoms with Crippen LogP contribution < -0.4 is 8.01 Å². The van der Waals surface area contributed by atoms with Gasteiger partial charge >= 0.3 is 0 Å². The van der Waals surface area contributed by atoms with Gasteiger partial charge in [0.05, 0.1) is 22.9 Å². The van der Waals surface area contributed by atoms with Crippen molar-refractivity contribution in [2.75, 3.05) is 15.1 Å². The lowest BCUT2D eigenvalue weighted by molar-refractivity contribution is 0.770. The van der Waals surface area contributed by atoms with Crippen LogP contribution >= 0.6 is 22.9 Å². The van der Waals surface area contributed by atoms with Gasteiger partial charge in [0.15, 0.2) is 11.6 Å². The molecule has 0 fully saturated rings. The Morgan fingerprint density at radius 1 is 1.33 bits per heavy atom. The van der Waals surface area contributed by atoms with E-state index in [0.717, 1.165) is 11.6 Å². The second-order valence-corrected chi connectivity index (χ2v) is 3.80. The lowest BCUT2D eigenvalue weighted by atomic mass is 10.5. The lowest BCUT2D eigenvalue weighted by Crippen LogP contribution is -2.32. The van der Waals surface area contributed by atoms with Crippen molar-refractivity contribution in [1.82, 2.24) is 9.97 Å². The van der Waals surface area contributed by atoms with E-state index in [0.29, 0.717) is 6.17 Å². The Balaban J connectivity index is 2.52. The first-order chi connectivity index (χ1) is 5.72. The molecule has 1 atom stereocenters. The van der Waals surface area contributed by atoms with E-state index >= 15 is 0 Å². The molecular weight excluding hydrogens is 267 g/mol. The Morgan fingerprint density at radius 2 is 1.92 bits per heavy atom. The number of rotatable bonds is 0. The molecule has 0 unspecified atom stereocenters. The van der Waals surface area contributed by atoms with Crippen molar-refractivity contribution in [1.29, 1.82) is 0 Å². The topological polar surface area (TPSA) is 32.3 Å². The Labute approximate surface area is 85.1 Å². The third-order valence-electron chi connectivity index (χ3n) is 2.09. The molecular formula is C7H9IN4. The minimum atomic E-state index is 0.336. The number of hydrogen-bond acceptors (Lipinski definition) is 4. The van der Waals surface area contributed by atoms with E-state index in [9.17, 15) is 0 Å². The Hall–Kier alpha value is -0.590. The monoisotopic (exact) mass is 276 g/mol. The van der Waals surface area contributed by atoms with E-state index in [4.69, 9.17) is 0 Å². The second-order valence-electron chi connectivity index (χ2n) is 2.76. The van der Waals surface area contributed by atoms with Crippen molar-refractivity contribution >= 4 is 34.5 Å². The zero-order valence-corrected chi connectivity index (χ0v) is 9.06. The summed E-state index contributed by atoms with van der Waals surface area (Å²) in [4.78, 5) is 10.6. The number of nitrogens with zero attached hydrogens (tertiary/aromatic N) is 4. The molecule has 0 saturated heterocycles. The summed E-state index contributed by atoms with van der Waals surface area (Å²) in [5.74, 6) is 1.91. The van der Waals surface area contributed by atoms with Crippen molar-refractivity contribution in [3.05, 3.63) is 12.4 Å². The molecule has 0 amide bonds. The van der Waals surface area contributed by atoms with Gasteiger partial charge in [0.25, 0.3) is 0 Å². The van der Waals surface area contributed by atoms with Crippen LogP contribution in [0.25, 0.3) is 0 Å². The molecule has 1 aliphatic heterocycles. The highest BCUT2D eigenvalue weighted by molar-refractivity contribution is 14.1. The standard InChI is InChI=1S/C7H9IN4/c1-5-11(2)6-7(12(5)8)10-4-3-9-6/h3-5H,1-2H3/t5-/m0/s1. The zero-order chi connectivity index (χ0) is 8.72. The van der Waals surface area contributed by atoms with E-state index in [2.05, 4.69) is 47.8 Å².